The van der Waals surface area contributed by atoms with Crippen LogP contribution in [-0.2, 0) is 22.9 Å². The standard InChI is InChI=1S/C18H19NO4S/c1-11-6-12(2)8-15(7-11)19-24(22,23)17-10-14(18(20)21)9-13-4-3-5-16(13)17/h6-10,19H,3-5H2,1-2H3,(H,20,21). The Morgan fingerprint density at radius 1 is 1.04 bits per heavy atom. The van der Waals surface area contributed by atoms with Crippen molar-refractivity contribution in [3.05, 3.63) is 58.1 Å². The van der Waals surface area contributed by atoms with E-state index in [-0.39, 0.29) is 10.5 Å². The molecule has 2 aromatic carbocycles. The molecule has 6 heteroatoms. The third kappa shape index (κ3) is 3.14. The van der Waals surface area contributed by atoms with E-state index in [1.165, 1.54) is 6.07 Å². The molecular weight excluding hydrogens is 326 g/mol. The van der Waals surface area contributed by atoms with E-state index >= 15 is 0 Å². The number of benzene rings is 2. The maximum absolute atomic E-state index is 12.9. The molecule has 126 valence electrons. The highest BCUT2D eigenvalue weighted by atomic mass is 32.2. The first kappa shape index (κ1) is 16.5. The zero-order valence-electron chi connectivity index (χ0n) is 13.6. The Bertz CT molecular complexity index is 912. The topological polar surface area (TPSA) is 83.5 Å². The molecule has 0 saturated carbocycles. The molecule has 1 aliphatic carbocycles. The van der Waals surface area contributed by atoms with Crippen LogP contribution < -0.4 is 4.72 Å². The summed E-state index contributed by atoms with van der Waals surface area (Å²) in [6.07, 6.45) is 2.20. The largest absolute Gasteiger partial charge is 0.478 e. The van der Waals surface area contributed by atoms with Gasteiger partial charge in [0.2, 0.25) is 0 Å². The number of anilines is 1. The zero-order valence-corrected chi connectivity index (χ0v) is 14.4. The van der Waals surface area contributed by atoms with E-state index in [4.69, 9.17) is 0 Å². The Morgan fingerprint density at radius 3 is 2.33 bits per heavy atom. The summed E-state index contributed by atoms with van der Waals surface area (Å²) in [6.45, 7) is 3.79. The third-order valence-corrected chi connectivity index (χ3v) is 5.63. The average molecular weight is 345 g/mol. The lowest BCUT2D eigenvalue weighted by atomic mass is 10.1. The van der Waals surface area contributed by atoms with Gasteiger partial charge in [-0.15, -0.1) is 0 Å². The van der Waals surface area contributed by atoms with Gasteiger partial charge in [-0.3, -0.25) is 4.72 Å². The van der Waals surface area contributed by atoms with Gasteiger partial charge >= 0.3 is 5.97 Å². The molecule has 0 unspecified atom stereocenters. The number of hydrogen-bond acceptors (Lipinski definition) is 3. The number of nitrogens with one attached hydrogen (secondary N) is 1. The maximum atomic E-state index is 12.9. The van der Waals surface area contributed by atoms with Crippen molar-refractivity contribution in [3.8, 4) is 0 Å². The second kappa shape index (κ2) is 5.94. The fourth-order valence-electron chi connectivity index (χ4n) is 3.27. The quantitative estimate of drug-likeness (QED) is 0.890. The molecule has 0 spiro atoms. The van der Waals surface area contributed by atoms with Gasteiger partial charge in [0, 0.05) is 5.69 Å². The molecule has 0 heterocycles. The lowest BCUT2D eigenvalue weighted by Gasteiger charge is -2.14. The Labute approximate surface area is 141 Å². The SMILES string of the molecule is Cc1cc(C)cc(NS(=O)(=O)c2cc(C(=O)O)cc3c2CCC3)c1. The van der Waals surface area contributed by atoms with E-state index in [1.54, 1.807) is 18.2 Å². The van der Waals surface area contributed by atoms with Crippen LogP contribution in [-0.4, -0.2) is 19.5 Å². The predicted octanol–water partition coefficient (Wildman–Crippen LogP) is 3.29. The minimum atomic E-state index is -3.84. The number of carboxylic acids is 1. The van der Waals surface area contributed by atoms with Gasteiger partial charge in [-0.1, -0.05) is 6.07 Å². The summed E-state index contributed by atoms with van der Waals surface area (Å²) in [5.41, 5.74) is 3.96. The Morgan fingerprint density at radius 2 is 1.71 bits per heavy atom. The molecule has 0 aliphatic heterocycles. The van der Waals surface area contributed by atoms with Crippen molar-refractivity contribution in [1.82, 2.24) is 0 Å². The van der Waals surface area contributed by atoms with E-state index in [9.17, 15) is 18.3 Å². The van der Waals surface area contributed by atoms with Crippen molar-refractivity contribution in [1.29, 1.82) is 0 Å². The average Bonchev–Trinajstić information content (AvgIpc) is 2.92. The monoisotopic (exact) mass is 345 g/mol. The second-order valence-corrected chi connectivity index (χ2v) is 7.90. The minimum Gasteiger partial charge on any atom is -0.478 e. The van der Waals surface area contributed by atoms with Gasteiger partial charge in [0.1, 0.15) is 0 Å². The summed E-state index contributed by atoms with van der Waals surface area (Å²) in [5, 5.41) is 9.25. The molecule has 1 aliphatic rings. The van der Waals surface area contributed by atoms with Gasteiger partial charge in [-0.05, 0) is 79.6 Å². The molecule has 0 bridgehead atoms. The van der Waals surface area contributed by atoms with Crippen LogP contribution in [0.3, 0.4) is 0 Å². The number of aromatic carboxylic acids is 1. The molecular formula is C18H19NO4S. The van der Waals surface area contributed by atoms with E-state index in [0.29, 0.717) is 18.5 Å². The highest BCUT2D eigenvalue weighted by molar-refractivity contribution is 7.92. The maximum Gasteiger partial charge on any atom is 0.335 e. The molecule has 2 N–H and O–H groups in total. The van der Waals surface area contributed by atoms with E-state index in [1.807, 2.05) is 19.9 Å². The first-order valence-electron chi connectivity index (χ1n) is 7.76. The van der Waals surface area contributed by atoms with Crippen LogP contribution in [0.4, 0.5) is 5.69 Å². The third-order valence-electron chi connectivity index (χ3n) is 4.18. The molecule has 0 atom stereocenters. The van der Waals surface area contributed by atoms with Crippen LogP contribution in [0.1, 0.15) is 39.0 Å². The van der Waals surface area contributed by atoms with Crippen LogP contribution in [0.15, 0.2) is 35.2 Å². The van der Waals surface area contributed by atoms with Crippen LogP contribution in [0.5, 0.6) is 0 Å². The molecule has 0 radical (unpaired) electrons. The smallest absolute Gasteiger partial charge is 0.335 e. The zero-order chi connectivity index (χ0) is 17.5. The summed E-state index contributed by atoms with van der Waals surface area (Å²) in [4.78, 5) is 11.4. The van der Waals surface area contributed by atoms with E-state index in [2.05, 4.69) is 4.72 Å². The molecule has 0 saturated heterocycles. The van der Waals surface area contributed by atoms with Crippen LogP contribution in [0.2, 0.25) is 0 Å². The molecule has 24 heavy (non-hydrogen) atoms. The van der Waals surface area contributed by atoms with Gasteiger partial charge in [-0.25, -0.2) is 13.2 Å². The van der Waals surface area contributed by atoms with Gasteiger partial charge in [-0.2, -0.15) is 0 Å². The first-order valence-corrected chi connectivity index (χ1v) is 9.25. The summed E-state index contributed by atoms with van der Waals surface area (Å²) in [6, 6.07) is 8.32. The fourth-order valence-corrected chi connectivity index (χ4v) is 4.65. The summed E-state index contributed by atoms with van der Waals surface area (Å²) >= 11 is 0. The van der Waals surface area contributed by atoms with E-state index < -0.39 is 16.0 Å². The van der Waals surface area contributed by atoms with Crippen molar-refractivity contribution < 1.29 is 18.3 Å². The van der Waals surface area contributed by atoms with Crippen LogP contribution in [0, 0.1) is 13.8 Å². The number of rotatable bonds is 4. The van der Waals surface area contributed by atoms with Crippen molar-refractivity contribution in [2.45, 2.75) is 38.0 Å². The molecule has 2 aromatic rings. The minimum absolute atomic E-state index is 0.0106. The Balaban J connectivity index is 2.08. The van der Waals surface area contributed by atoms with Gasteiger partial charge in [0.25, 0.3) is 10.0 Å². The van der Waals surface area contributed by atoms with E-state index in [0.717, 1.165) is 28.7 Å². The lowest BCUT2D eigenvalue weighted by molar-refractivity contribution is 0.0696. The number of sulfonamides is 1. The molecule has 0 amide bonds. The normalized spacial score (nSPS) is 13.6. The molecule has 5 nitrogen and oxygen atoms in total. The van der Waals surface area contributed by atoms with Crippen molar-refractivity contribution in [3.63, 3.8) is 0 Å². The van der Waals surface area contributed by atoms with Gasteiger partial charge in [0.15, 0.2) is 0 Å². The van der Waals surface area contributed by atoms with Gasteiger partial charge in [0.05, 0.1) is 10.5 Å². The first-order chi connectivity index (χ1) is 11.3. The number of aryl methyl sites for hydroxylation is 3. The van der Waals surface area contributed by atoms with Crippen molar-refractivity contribution >= 4 is 21.7 Å². The highest BCUT2D eigenvalue weighted by Gasteiger charge is 2.26. The molecule has 0 fully saturated rings. The number of hydrogen-bond donors (Lipinski definition) is 2. The summed E-state index contributed by atoms with van der Waals surface area (Å²) < 4.78 is 28.3. The highest BCUT2D eigenvalue weighted by Crippen LogP contribution is 2.31. The summed E-state index contributed by atoms with van der Waals surface area (Å²) in [5.74, 6) is -1.12. The molecule has 3 rings (SSSR count). The summed E-state index contributed by atoms with van der Waals surface area (Å²) in [7, 11) is -3.84. The van der Waals surface area contributed by atoms with Gasteiger partial charge < -0.3 is 5.11 Å². The number of carboxylic acid groups (broad SMARTS) is 1. The Hall–Kier alpha value is -2.34. The number of carbonyl (C=O) groups is 1. The predicted molar refractivity (Wildman–Crippen MR) is 92.2 cm³/mol. The fraction of sp³-hybridized carbons (Fsp3) is 0.278. The van der Waals surface area contributed by atoms with Crippen LogP contribution >= 0.6 is 0 Å². The Kier molecular flexibility index (Phi) is 4.09. The number of fused-ring (bicyclic) bond motifs is 1. The van der Waals surface area contributed by atoms with Crippen LogP contribution in [0.25, 0.3) is 0 Å². The van der Waals surface area contributed by atoms with Crippen molar-refractivity contribution in [2.24, 2.45) is 0 Å². The molecule has 0 aromatic heterocycles. The second-order valence-electron chi connectivity index (χ2n) is 6.25. The van der Waals surface area contributed by atoms with Crippen molar-refractivity contribution in [2.75, 3.05) is 4.72 Å². The lowest BCUT2D eigenvalue weighted by Crippen LogP contribution is -2.16.